The van der Waals surface area contributed by atoms with Crippen molar-refractivity contribution < 1.29 is 9.53 Å². The number of aromatic nitrogens is 3. The summed E-state index contributed by atoms with van der Waals surface area (Å²) in [5.74, 6) is 0.199. The molecule has 1 spiro atoms. The van der Waals surface area contributed by atoms with E-state index in [1.807, 2.05) is 33.6 Å². The van der Waals surface area contributed by atoms with E-state index in [0.29, 0.717) is 26.1 Å². The fourth-order valence-corrected chi connectivity index (χ4v) is 4.60. The zero-order valence-electron chi connectivity index (χ0n) is 15.8. The molecule has 2 aliphatic rings. The minimum atomic E-state index is -0.293. The molecule has 2 aromatic heterocycles. The minimum absolute atomic E-state index is 0.199. The molecule has 2 fully saturated rings. The number of carbonyl (C=O) groups is 1. The Labute approximate surface area is 163 Å². The second kappa shape index (κ2) is 8.08. The summed E-state index contributed by atoms with van der Waals surface area (Å²) in [7, 11) is 0. The molecule has 2 saturated heterocycles. The predicted octanol–water partition coefficient (Wildman–Crippen LogP) is 2.14. The number of hydrogen-bond donors (Lipinski definition) is 0. The lowest BCUT2D eigenvalue weighted by atomic mass is 9.87. The molecule has 1 amide bonds. The van der Waals surface area contributed by atoms with E-state index in [1.54, 1.807) is 11.3 Å². The third kappa shape index (κ3) is 4.39. The lowest BCUT2D eigenvalue weighted by Gasteiger charge is -2.40. The first-order valence-corrected chi connectivity index (χ1v) is 10.6. The molecule has 0 aromatic carbocycles. The molecule has 4 heterocycles. The Balaban J connectivity index is 1.33. The van der Waals surface area contributed by atoms with Gasteiger partial charge in [0.15, 0.2) is 0 Å². The number of nitrogens with zero attached hydrogens (tertiary/aromatic N) is 5. The average molecular weight is 390 g/mol. The fourth-order valence-electron chi connectivity index (χ4n) is 3.95. The van der Waals surface area contributed by atoms with E-state index in [9.17, 15) is 4.79 Å². The topological polar surface area (TPSA) is 63.5 Å². The molecule has 0 radical (unpaired) electrons. The van der Waals surface area contributed by atoms with Crippen LogP contribution < -0.4 is 0 Å². The number of thiazole rings is 1. The molecule has 27 heavy (non-hydrogen) atoms. The van der Waals surface area contributed by atoms with Gasteiger partial charge in [0.25, 0.3) is 0 Å². The average Bonchev–Trinajstić information content (AvgIpc) is 3.32. The van der Waals surface area contributed by atoms with Crippen LogP contribution in [0.15, 0.2) is 24.0 Å². The van der Waals surface area contributed by atoms with Crippen LogP contribution >= 0.6 is 11.3 Å². The number of piperidine rings is 1. The van der Waals surface area contributed by atoms with Crippen LogP contribution in [-0.2, 0) is 29.2 Å². The van der Waals surface area contributed by atoms with Crippen molar-refractivity contribution in [1.82, 2.24) is 24.6 Å². The lowest BCUT2D eigenvalue weighted by Crippen LogP contribution is -2.47. The monoisotopic (exact) mass is 389 g/mol. The van der Waals surface area contributed by atoms with E-state index in [1.165, 1.54) is 0 Å². The first kappa shape index (κ1) is 18.6. The van der Waals surface area contributed by atoms with Crippen LogP contribution in [0.25, 0.3) is 0 Å². The Morgan fingerprint density at radius 2 is 2.11 bits per heavy atom. The largest absolute Gasteiger partial charge is 0.373 e. The highest BCUT2D eigenvalue weighted by Gasteiger charge is 2.40. The minimum Gasteiger partial charge on any atom is -0.373 e. The first-order valence-electron chi connectivity index (χ1n) is 9.70. The van der Waals surface area contributed by atoms with E-state index in [-0.39, 0.29) is 11.5 Å². The van der Waals surface area contributed by atoms with Crippen molar-refractivity contribution in [1.29, 1.82) is 0 Å². The van der Waals surface area contributed by atoms with Crippen LogP contribution in [0, 0.1) is 0 Å². The Morgan fingerprint density at radius 3 is 2.81 bits per heavy atom. The molecule has 2 aromatic rings. The molecule has 146 valence electrons. The van der Waals surface area contributed by atoms with Gasteiger partial charge in [-0.3, -0.25) is 14.4 Å². The molecule has 0 bridgehead atoms. The van der Waals surface area contributed by atoms with Crippen molar-refractivity contribution in [2.24, 2.45) is 0 Å². The van der Waals surface area contributed by atoms with Crippen LogP contribution in [0.2, 0.25) is 0 Å². The smallest absolute Gasteiger partial charge is 0.225 e. The zero-order valence-corrected chi connectivity index (χ0v) is 16.7. The number of aryl methyl sites for hydroxylation is 1. The number of rotatable bonds is 5. The molecule has 7 nitrogen and oxygen atoms in total. The Bertz CT molecular complexity index is 752. The number of carbonyl (C=O) groups excluding carboxylic acids is 1. The van der Waals surface area contributed by atoms with Crippen LogP contribution in [0.4, 0.5) is 0 Å². The van der Waals surface area contributed by atoms with Crippen LogP contribution in [-0.4, -0.2) is 62.3 Å². The number of hydrogen-bond acceptors (Lipinski definition) is 6. The molecule has 0 aliphatic carbocycles. The highest BCUT2D eigenvalue weighted by atomic mass is 32.1. The summed E-state index contributed by atoms with van der Waals surface area (Å²) in [6.07, 6.45) is 8.04. The molecule has 4 rings (SSSR count). The molecule has 2 aliphatic heterocycles. The summed E-state index contributed by atoms with van der Waals surface area (Å²) in [4.78, 5) is 21.6. The van der Waals surface area contributed by atoms with Gasteiger partial charge in [-0.1, -0.05) is 0 Å². The normalized spacial score (nSPS) is 20.9. The molecule has 0 atom stereocenters. The van der Waals surface area contributed by atoms with Gasteiger partial charge in [0.05, 0.1) is 31.4 Å². The summed E-state index contributed by atoms with van der Waals surface area (Å²) in [5.41, 5.74) is 0.790. The molecular weight excluding hydrogens is 362 g/mol. The first-order chi connectivity index (χ1) is 13.2. The molecule has 0 saturated carbocycles. The van der Waals surface area contributed by atoms with Gasteiger partial charge in [-0.15, -0.1) is 11.3 Å². The fraction of sp³-hybridized carbons (Fsp3) is 0.632. The summed E-state index contributed by atoms with van der Waals surface area (Å²) < 4.78 is 8.15. The number of likely N-dealkylation sites (tertiary alicyclic amines) is 1. The van der Waals surface area contributed by atoms with Gasteiger partial charge < -0.3 is 9.64 Å². The Kier molecular flexibility index (Phi) is 5.56. The van der Waals surface area contributed by atoms with Crippen molar-refractivity contribution in [3.8, 4) is 0 Å². The summed E-state index contributed by atoms with van der Waals surface area (Å²) in [6, 6.07) is 0. The van der Waals surface area contributed by atoms with E-state index in [2.05, 4.69) is 21.9 Å². The van der Waals surface area contributed by atoms with Gasteiger partial charge in [0, 0.05) is 56.1 Å². The second-order valence-electron chi connectivity index (χ2n) is 7.43. The second-order valence-corrected chi connectivity index (χ2v) is 8.41. The molecule has 0 N–H and O–H groups in total. The summed E-state index contributed by atoms with van der Waals surface area (Å²) in [6.45, 7) is 7.60. The van der Waals surface area contributed by atoms with Gasteiger partial charge in [-0.05, 0) is 19.8 Å². The van der Waals surface area contributed by atoms with Gasteiger partial charge >= 0.3 is 0 Å². The third-order valence-electron chi connectivity index (χ3n) is 5.59. The van der Waals surface area contributed by atoms with Crippen molar-refractivity contribution >= 4 is 17.2 Å². The summed E-state index contributed by atoms with van der Waals surface area (Å²) >= 11 is 1.70. The Hall–Kier alpha value is -1.77. The van der Waals surface area contributed by atoms with Gasteiger partial charge in [0.1, 0.15) is 5.01 Å². The SMILES string of the molecule is CCn1cc(CN2CCOC3(CCN(Cc4nccs4)CC3)CC2=O)cn1. The highest BCUT2D eigenvalue weighted by molar-refractivity contribution is 7.09. The standard InChI is InChI=1S/C19H27N5O2S/c1-2-24-14-16(12-21-24)13-23-8-9-26-19(11-18(23)25)3-6-22(7-4-19)15-17-20-5-10-27-17/h5,10,12,14H,2-4,6-9,11,13,15H2,1H3. The maximum Gasteiger partial charge on any atom is 0.225 e. The predicted molar refractivity (Wildman–Crippen MR) is 103 cm³/mol. The van der Waals surface area contributed by atoms with Crippen LogP contribution in [0.1, 0.15) is 36.8 Å². The maximum atomic E-state index is 12.9. The third-order valence-corrected chi connectivity index (χ3v) is 6.35. The highest BCUT2D eigenvalue weighted by Crippen LogP contribution is 2.33. The van der Waals surface area contributed by atoms with Crippen LogP contribution in [0.5, 0.6) is 0 Å². The van der Waals surface area contributed by atoms with E-state index < -0.39 is 0 Å². The Morgan fingerprint density at radius 1 is 1.26 bits per heavy atom. The quantitative estimate of drug-likeness (QED) is 0.784. The van der Waals surface area contributed by atoms with Crippen LogP contribution in [0.3, 0.4) is 0 Å². The van der Waals surface area contributed by atoms with Gasteiger partial charge in [0.2, 0.25) is 5.91 Å². The van der Waals surface area contributed by atoms with Crippen molar-refractivity contribution in [3.05, 3.63) is 34.5 Å². The molecule has 0 unspecified atom stereocenters. The number of amides is 1. The van der Waals surface area contributed by atoms with Crippen molar-refractivity contribution in [2.75, 3.05) is 26.2 Å². The maximum absolute atomic E-state index is 12.9. The van der Waals surface area contributed by atoms with Crippen molar-refractivity contribution in [3.63, 3.8) is 0 Å². The van der Waals surface area contributed by atoms with E-state index in [4.69, 9.17) is 4.74 Å². The van der Waals surface area contributed by atoms with E-state index >= 15 is 0 Å². The molecular formula is C19H27N5O2S. The van der Waals surface area contributed by atoms with Gasteiger partial charge in [-0.2, -0.15) is 5.10 Å². The van der Waals surface area contributed by atoms with E-state index in [0.717, 1.165) is 49.6 Å². The zero-order chi connectivity index (χ0) is 18.7. The molecule has 8 heteroatoms. The van der Waals surface area contributed by atoms with Crippen molar-refractivity contribution in [2.45, 2.75) is 51.4 Å². The number of ether oxygens (including phenoxy) is 1. The lowest BCUT2D eigenvalue weighted by molar-refractivity contribution is -0.136. The summed E-state index contributed by atoms with van der Waals surface area (Å²) in [5, 5.41) is 7.48. The van der Waals surface area contributed by atoms with Gasteiger partial charge in [-0.25, -0.2) is 4.98 Å².